The van der Waals surface area contributed by atoms with Crippen molar-refractivity contribution >= 4 is 17.2 Å². The maximum Gasteiger partial charge on any atom is 0.263 e. The number of aromatic nitrogens is 1. The number of halogens is 1. The van der Waals surface area contributed by atoms with Gasteiger partial charge in [0.05, 0.1) is 11.2 Å². The first kappa shape index (κ1) is 19.0. The van der Waals surface area contributed by atoms with Gasteiger partial charge in [0.1, 0.15) is 28.1 Å². The summed E-state index contributed by atoms with van der Waals surface area (Å²) in [7, 11) is 0. The summed E-state index contributed by atoms with van der Waals surface area (Å²) in [6.07, 6.45) is 0. The van der Waals surface area contributed by atoms with Crippen LogP contribution in [0.5, 0.6) is 5.75 Å². The lowest BCUT2D eigenvalue weighted by Gasteiger charge is -2.26. The van der Waals surface area contributed by atoms with E-state index in [0.29, 0.717) is 21.3 Å². The van der Waals surface area contributed by atoms with E-state index in [1.165, 1.54) is 23.5 Å². The first-order valence-corrected chi connectivity index (χ1v) is 9.39. The van der Waals surface area contributed by atoms with Crippen LogP contribution in [0.25, 0.3) is 0 Å². The molecule has 0 bridgehead atoms. The molecule has 6 heteroatoms. The van der Waals surface area contributed by atoms with Gasteiger partial charge < -0.3 is 10.1 Å². The number of hydrogen-bond donors (Lipinski definition) is 1. The lowest BCUT2D eigenvalue weighted by Crippen LogP contribution is -2.40. The number of carbonyl (C=O) groups is 1. The fourth-order valence-corrected chi connectivity index (χ4v) is 3.54. The molecule has 1 amide bonds. The van der Waals surface area contributed by atoms with Gasteiger partial charge >= 0.3 is 0 Å². The van der Waals surface area contributed by atoms with Gasteiger partial charge in [-0.3, -0.25) is 4.79 Å². The molecule has 0 aliphatic heterocycles. The molecule has 0 saturated heterocycles. The number of amides is 1. The number of nitrogens with one attached hydrogen (secondary N) is 1. The van der Waals surface area contributed by atoms with E-state index in [4.69, 9.17) is 4.74 Å². The van der Waals surface area contributed by atoms with Gasteiger partial charge in [-0.2, -0.15) is 0 Å². The van der Waals surface area contributed by atoms with Crippen LogP contribution in [-0.2, 0) is 12.1 Å². The van der Waals surface area contributed by atoms with Crippen LogP contribution in [-0.4, -0.2) is 10.9 Å². The van der Waals surface area contributed by atoms with E-state index in [1.807, 2.05) is 51.1 Å². The predicted octanol–water partition coefficient (Wildman–Crippen LogP) is 4.83. The number of nitrogens with zero attached hydrogens (tertiary/aromatic N) is 1. The zero-order chi connectivity index (χ0) is 19.4. The number of carbonyl (C=O) groups excluding carboxylic acids is 1. The van der Waals surface area contributed by atoms with Crippen molar-refractivity contribution in [2.45, 2.75) is 32.9 Å². The first-order chi connectivity index (χ1) is 12.8. The number of ether oxygens (including phenoxy) is 1. The Balaban J connectivity index is 1.68. The van der Waals surface area contributed by atoms with Crippen molar-refractivity contribution in [1.82, 2.24) is 10.3 Å². The molecule has 3 rings (SSSR count). The average Bonchev–Trinajstić information content (AvgIpc) is 3.02. The van der Waals surface area contributed by atoms with Crippen molar-refractivity contribution in [3.63, 3.8) is 0 Å². The summed E-state index contributed by atoms with van der Waals surface area (Å²) >= 11 is 1.30. The summed E-state index contributed by atoms with van der Waals surface area (Å²) in [4.78, 5) is 17.7. The molecule has 0 aliphatic rings. The van der Waals surface area contributed by atoms with Crippen LogP contribution in [0.4, 0.5) is 4.39 Å². The van der Waals surface area contributed by atoms with Crippen LogP contribution < -0.4 is 10.1 Å². The molecule has 27 heavy (non-hydrogen) atoms. The third-order valence-corrected chi connectivity index (χ3v) is 5.27. The molecule has 1 heterocycles. The molecule has 0 fully saturated rings. The van der Waals surface area contributed by atoms with Crippen LogP contribution in [0.3, 0.4) is 0 Å². The third-order valence-electron chi connectivity index (χ3n) is 4.14. The molecule has 2 aromatic carbocycles. The molecule has 0 aliphatic carbocycles. The maximum absolute atomic E-state index is 12.9. The average molecular weight is 384 g/mol. The Morgan fingerprint density at radius 2 is 1.81 bits per heavy atom. The van der Waals surface area contributed by atoms with E-state index in [-0.39, 0.29) is 18.3 Å². The highest BCUT2D eigenvalue weighted by molar-refractivity contribution is 7.13. The van der Waals surface area contributed by atoms with Crippen LogP contribution in [0.2, 0.25) is 0 Å². The van der Waals surface area contributed by atoms with Crippen molar-refractivity contribution in [1.29, 1.82) is 0 Å². The van der Waals surface area contributed by atoms with Gasteiger partial charge in [0.2, 0.25) is 0 Å². The number of aryl methyl sites for hydroxylation is 1. The SMILES string of the molecule is Cc1nc(COc2ccc(F)cc2)sc1C(=O)NC(C)(C)c1ccccc1. The topological polar surface area (TPSA) is 51.2 Å². The first-order valence-electron chi connectivity index (χ1n) is 8.58. The highest BCUT2D eigenvalue weighted by Crippen LogP contribution is 2.24. The highest BCUT2D eigenvalue weighted by Gasteiger charge is 2.25. The molecule has 3 aromatic rings. The Morgan fingerprint density at radius 1 is 1.15 bits per heavy atom. The predicted molar refractivity (Wildman–Crippen MR) is 105 cm³/mol. The lowest BCUT2D eigenvalue weighted by atomic mass is 9.94. The minimum atomic E-state index is -0.500. The second-order valence-electron chi connectivity index (χ2n) is 6.71. The standard InChI is InChI=1S/C21H21FN2O2S/c1-14-19(20(25)24-21(2,3)15-7-5-4-6-8-15)27-18(23-14)13-26-17-11-9-16(22)10-12-17/h4-12H,13H2,1-3H3,(H,24,25). The summed E-state index contributed by atoms with van der Waals surface area (Å²) in [5.41, 5.74) is 1.19. The monoisotopic (exact) mass is 384 g/mol. The molecule has 0 atom stereocenters. The van der Waals surface area contributed by atoms with E-state index in [2.05, 4.69) is 10.3 Å². The summed E-state index contributed by atoms with van der Waals surface area (Å²) in [6, 6.07) is 15.6. The van der Waals surface area contributed by atoms with Gasteiger partial charge in [-0.25, -0.2) is 9.37 Å². The summed E-state index contributed by atoms with van der Waals surface area (Å²) < 4.78 is 18.6. The molecular weight excluding hydrogens is 363 g/mol. The largest absolute Gasteiger partial charge is 0.486 e. The fraction of sp³-hybridized carbons (Fsp3) is 0.238. The molecule has 140 valence electrons. The fourth-order valence-electron chi connectivity index (χ4n) is 2.67. The van der Waals surface area contributed by atoms with Gasteiger partial charge in [-0.05, 0) is 50.6 Å². The molecule has 1 aromatic heterocycles. The van der Waals surface area contributed by atoms with Crippen LogP contribution in [0.1, 0.15) is 39.8 Å². The number of thiazole rings is 1. The zero-order valence-corrected chi connectivity index (χ0v) is 16.3. The molecule has 4 nitrogen and oxygen atoms in total. The van der Waals surface area contributed by atoms with E-state index >= 15 is 0 Å². The minimum Gasteiger partial charge on any atom is -0.486 e. The second kappa shape index (κ2) is 7.88. The van der Waals surface area contributed by atoms with Crippen LogP contribution in [0.15, 0.2) is 54.6 Å². The third kappa shape index (κ3) is 4.71. The van der Waals surface area contributed by atoms with Crippen LogP contribution in [0, 0.1) is 12.7 Å². The molecule has 0 spiro atoms. The molecule has 1 N–H and O–H groups in total. The van der Waals surface area contributed by atoms with Crippen molar-refractivity contribution in [2.75, 3.05) is 0 Å². The Labute approximate surface area is 162 Å². The van der Waals surface area contributed by atoms with Gasteiger partial charge in [0, 0.05) is 0 Å². The molecule has 0 radical (unpaired) electrons. The Morgan fingerprint density at radius 3 is 2.48 bits per heavy atom. The van der Waals surface area contributed by atoms with E-state index in [1.54, 1.807) is 12.1 Å². The Hall–Kier alpha value is -2.73. The van der Waals surface area contributed by atoms with E-state index in [9.17, 15) is 9.18 Å². The molecule has 0 saturated carbocycles. The maximum atomic E-state index is 12.9. The molecule has 0 unspecified atom stereocenters. The van der Waals surface area contributed by atoms with Gasteiger partial charge in [0.15, 0.2) is 0 Å². The summed E-state index contributed by atoms with van der Waals surface area (Å²) in [6.45, 7) is 5.97. The van der Waals surface area contributed by atoms with Crippen molar-refractivity contribution in [3.05, 3.63) is 81.6 Å². The Kier molecular flexibility index (Phi) is 5.56. The number of rotatable bonds is 6. The normalized spacial score (nSPS) is 11.3. The van der Waals surface area contributed by atoms with Crippen molar-refractivity contribution in [3.8, 4) is 5.75 Å². The number of benzene rings is 2. The summed E-state index contributed by atoms with van der Waals surface area (Å²) in [5.74, 6) is 0.0831. The van der Waals surface area contributed by atoms with Crippen molar-refractivity contribution < 1.29 is 13.9 Å². The number of hydrogen-bond acceptors (Lipinski definition) is 4. The summed E-state index contributed by atoms with van der Waals surface area (Å²) in [5, 5.41) is 3.77. The molecular formula is C21H21FN2O2S. The highest BCUT2D eigenvalue weighted by atomic mass is 32.1. The quantitative estimate of drug-likeness (QED) is 0.662. The van der Waals surface area contributed by atoms with Gasteiger partial charge in [-0.15, -0.1) is 11.3 Å². The van der Waals surface area contributed by atoms with Gasteiger partial charge in [0.25, 0.3) is 5.91 Å². The van der Waals surface area contributed by atoms with Crippen molar-refractivity contribution in [2.24, 2.45) is 0 Å². The smallest absolute Gasteiger partial charge is 0.263 e. The van der Waals surface area contributed by atoms with E-state index < -0.39 is 5.54 Å². The van der Waals surface area contributed by atoms with Gasteiger partial charge in [-0.1, -0.05) is 30.3 Å². The van der Waals surface area contributed by atoms with Crippen LogP contribution >= 0.6 is 11.3 Å². The Bertz CT molecular complexity index is 921. The lowest BCUT2D eigenvalue weighted by molar-refractivity contribution is 0.0915. The minimum absolute atomic E-state index is 0.160. The van der Waals surface area contributed by atoms with E-state index in [0.717, 1.165) is 5.56 Å². The zero-order valence-electron chi connectivity index (χ0n) is 15.5. The second-order valence-corrected chi connectivity index (χ2v) is 7.79.